The van der Waals surface area contributed by atoms with Gasteiger partial charge >= 0.3 is 0 Å². The number of aromatic nitrogens is 2. The van der Waals surface area contributed by atoms with E-state index in [1.807, 2.05) is 0 Å². The molecule has 0 spiro atoms. The molecule has 0 bridgehead atoms. The maximum absolute atomic E-state index is 11.1. The normalized spacial score (nSPS) is 24.0. The minimum atomic E-state index is -0.494. The van der Waals surface area contributed by atoms with E-state index in [9.17, 15) is 10.1 Å². The molecular weight excluding hydrogens is 272 g/mol. The Labute approximate surface area is 123 Å². The summed E-state index contributed by atoms with van der Waals surface area (Å²) in [5.74, 6) is 1.21. The minimum Gasteiger partial charge on any atom is -0.297 e. The highest BCUT2D eigenvalue weighted by Crippen LogP contribution is 2.24. The van der Waals surface area contributed by atoms with E-state index >= 15 is 0 Å². The van der Waals surface area contributed by atoms with E-state index in [4.69, 9.17) is 4.63 Å². The van der Waals surface area contributed by atoms with Crippen molar-refractivity contribution in [3.05, 3.63) is 40.2 Å². The summed E-state index contributed by atoms with van der Waals surface area (Å²) >= 11 is 0. The molecule has 1 aromatic rings. The SMILES string of the molecule is C=C/C=C(\c1nonc1CN1CC(C)CC(C)C1)[N+](=O)[O-]. The number of nitro groups is 1. The van der Waals surface area contributed by atoms with E-state index < -0.39 is 4.92 Å². The maximum Gasteiger partial charge on any atom is 0.300 e. The van der Waals surface area contributed by atoms with Crippen LogP contribution in [0.3, 0.4) is 0 Å². The molecule has 1 aromatic heterocycles. The van der Waals surface area contributed by atoms with Crippen molar-refractivity contribution in [3.63, 3.8) is 0 Å². The maximum atomic E-state index is 11.1. The minimum absolute atomic E-state index is 0.139. The fourth-order valence-corrected chi connectivity index (χ4v) is 2.98. The number of rotatable bonds is 5. The summed E-state index contributed by atoms with van der Waals surface area (Å²) < 4.78 is 4.71. The largest absolute Gasteiger partial charge is 0.300 e. The van der Waals surface area contributed by atoms with Gasteiger partial charge in [-0.25, -0.2) is 4.63 Å². The van der Waals surface area contributed by atoms with Crippen LogP contribution in [0.5, 0.6) is 0 Å². The molecule has 2 heterocycles. The van der Waals surface area contributed by atoms with Crippen molar-refractivity contribution in [1.29, 1.82) is 0 Å². The predicted molar refractivity (Wildman–Crippen MR) is 77.7 cm³/mol. The molecule has 0 aliphatic carbocycles. The molecule has 21 heavy (non-hydrogen) atoms. The molecule has 0 N–H and O–H groups in total. The van der Waals surface area contributed by atoms with Gasteiger partial charge in [0.05, 0.1) is 4.92 Å². The molecule has 2 rings (SSSR count). The van der Waals surface area contributed by atoms with Gasteiger partial charge < -0.3 is 0 Å². The van der Waals surface area contributed by atoms with E-state index in [-0.39, 0.29) is 11.4 Å². The van der Waals surface area contributed by atoms with Gasteiger partial charge in [-0.3, -0.25) is 15.0 Å². The molecular formula is C14H20N4O3. The molecule has 7 nitrogen and oxygen atoms in total. The lowest BCUT2D eigenvalue weighted by molar-refractivity contribution is -0.375. The number of nitrogens with zero attached hydrogens (tertiary/aromatic N) is 4. The first-order valence-electron chi connectivity index (χ1n) is 7.02. The monoisotopic (exact) mass is 292 g/mol. The van der Waals surface area contributed by atoms with Crippen LogP contribution >= 0.6 is 0 Å². The van der Waals surface area contributed by atoms with Crippen molar-refractivity contribution in [3.8, 4) is 0 Å². The Kier molecular flexibility index (Phi) is 4.85. The summed E-state index contributed by atoms with van der Waals surface area (Å²) in [6.45, 7) is 10.3. The van der Waals surface area contributed by atoms with Crippen LogP contribution < -0.4 is 0 Å². The summed E-state index contributed by atoms with van der Waals surface area (Å²) in [5, 5.41) is 18.6. The van der Waals surface area contributed by atoms with Gasteiger partial charge in [-0.2, -0.15) is 0 Å². The predicted octanol–water partition coefficient (Wildman–Crippen LogP) is 2.35. The molecule has 2 atom stereocenters. The lowest BCUT2D eigenvalue weighted by atomic mass is 9.92. The molecule has 0 amide bonds. The van der Waals surface area contributed by atoms with Crippen LogP contribution in [-0.4, -0.2) is 33.2 Å². The van der Waals surface area contributed by atoms with Gasteiger partial charge in [0.25, 0.3) is 5.70 Å². The van der Waals surface area contributed by atoms with E-state index in [0.29, 0.717) is 24.1 Å². The molecule has 1 aliphatic heterocycles. The fourth-order valence-electron chi connectivity index (χ4n) is 2.98. The Morgan fingerprint density at radius 2 is 2.14 bits per heavy atom. The second kappa shape index (κ2) is 6.62. The van der Waals surface area contributed by atoms with E-state index in [2.05, 4.69) is 35.6 Å². The third-order valence-corrected chi connectivity index (χ3v) is 3.59. The number of allylic oxidation sites excluding steroid dienone is 2. The van der Waals surface area contributed by atoms with E-state index in [0.717, 1.165) is 13.1 Å². The summed E-state index contributed by atoms with van der Waals surface area (Å²) in [4.78, 5) is 12.9. The fraction of sp³-hybridized carbons (Fsp3) is 0.571. The molecule has 2 unspecified atom stereocenters. The van der Waals surface area contributed by atoms with Gasteiger partial charge in [-0.15, -0.1) is 0 Å². The molecule has 114 valence electrons. The highest BCUT2D eigenvalue weighted by molar-refractivity contribution is 5.57. The Bertz CT molecular complexity index is 542. The standard InChI is InChI=1S/C14H20N4O3/c1-4-5-13(18(19)20)14-12(15-21-16-14)9-17-7-10(2)6-11(3)8-17/h4-5,10-11H,1,6-9H2,2-3H3/b13-5+. The van der Waals surface area contributed by atoms with Crippen molar-refractivity contribution in [2.24, 2.45) is 11.8 Å². The lowest BCUT2D eigenvalue weighted by Crippen LogP contribution is -2.38. The summed E-state index contributed by atoms with van der Waals surface area (Å²) in [6, 6.07) is 0. The second-order valence-corrected chi connectivity index (χ2v) is 5.74. The first kappa shape index (κ1) is 15.4. The lowest BCUT2D eigenvalue weighted by Gasteiger charge is -2.34. The molecule has 1 fully saturated rings. The number of hydrogen-bond donors (Lipinski definition) is 0. The smallest absolute Gasteiger partial charge is 0.297 e. The Morgan fingerprint density at radius 1 is 1.48 bits per heavy atom. The van der Waals surface area contributed by atoms with Gasteiger partial charge in [-0.05, 0) is 23.4 Å². The van der Waals surface area contributed by atoms with Crippen LogP contribution in [-0.2, 0) is 6.54 Å². The zero-order chi connectivity index (χ0) is 15.4. The van der Waals surface area contributed by atoms with Gasteiger partial charge in [0, 0.05) is 25.7 Å². The second-order valence-electron chi connectivity index (χ2n) is 5.74. The topological polar surface area (TPSA) is 85.3 Å². The Hall–Kier alpha value is -2.02. The highest BCUT2D eigenvalue weighted by Gasteiger charge is 2.28. The van der Waals surface area contributed by atoms with E-state index in [1.165, 1.54) is 18.6 Å². The van der Waals surface area contributed by atoms with E-state index in [1.54, 1.807) is 0 Å². The first-order valence-corrected chi connectivity index (χ1v) is 7.02. The van der Waals surface area contributed by atoms with Crippen molar-refractivity contribution in [2.45, 2.75) is 26.8 Å². The average molecular weight is 292 g/mol. The summed E-state index contributed by atoms with van der Waals surface area (Å²) in [6.07, 6.45) is 3.88. The van der Waals surface area contributed by atoms with Crippen LogP contribution in [0.2, 0.25) is 0 Å². The van der Waals surface area contributed by atoms with Crippen LogP contribution in [0.4, 0.5) is 0 Å². The molecule has 1 saturated heterocycles. The highest BCUT2D eigenvalue weighted by atomic mass is 16.6. The first-order chi connectivity index (χ1) is 10.0. The zero-order valence-corrected chi connectivity index (χ0v) is 12.4. The van der Waals surface area contributed by atoms with Gasteiger partial charge in [0.2, 0.25) is 5.69 Å². The third-order valence-electron chi connectivity index (χ3n) is 3.59. The number of piperidine rings is 1. The molecule has 7 heteroatoms. The van der Waals surface area contributed by atoms with Crippen molar-refractivity contribution in [1.82, 2.24) is 15.2 Å². The average Bonchev–Trinajstić information content (AvgIpc) is 2.82. The van der Waals surface area contributed by atoms with Crippen LogP contribution in [0.15, 0.2) is 23.4 Å². The van der Waals surface area contributed by atoms with Crippen LogP contribution in [0.1, 0.15) is 31.7 Å². The quantitative estimate of drug-likeness (QED) is 0.470. The van der Waals surface area contributed by atoms with Crippen molar-refractivity contribution >= 4 is 5.70 Å². The van der Waals surface area contributed by atoms with Crippen molar-refractivity contribution < 1.29 is 9.55 Å². The molecule has 0 saturated carbocycles. The summed E-state index contributed by atoms with van der Waals surface area (Å²) in [7, 11) is 0. The molecule has 0 radical (unpaired) electrons. The molecule has 1 aliphatic rings. The van der Waals surface area contributed by atoms with Gasteiger partial charge in [0.15, 0.2) is 0 Å². The summed E-state index contributed by atoms with van der Waals surface area (Å²) in [5.41, 5.74) is 0.547. The van der Waals surface area contributed by atoms with Crippen LogP contribution in [0.25, 0.3) is 5.70 Å². The number of hydrogen-bond acceptors (Lipinski definition) is 6. The Morgan fingerprint density at radius 3 is 2.71 bits per heavy atom. The molecule has 0 aromatic carbocycles. The Balaban J connectivity index is 2.18. The van der Waals surface area contributed by atoms with Gasteiger partial charge in [0.1, 0.15) is 5.69 Å². The van der Waals surface area contributed by atoms with Gasteiger partial charge in [-0.1, -0.05) is 31.7 Å². The zero-order valence-electron chi connectivity index (χ0n) is 12.4. The number of likely N-dealkylation sites (tertiary alicyclic amines) is 1. The van der Waals surface area contributed by atoms with Crippen LogP contribution in [0, 0.1) is 22.0 Å². The van der Waals surface area contributed by atoms with Crippen molar-refractivity contribution in [2.75, 3.05) is 13.1 Å². The third kappa shape index (κ3) is 3.75.